The zero-order valence-corrected chi connectivity index (χ0v) is 15.2. The number of rotatable bonds is 8. The van der Waals surface area contributed by atoms with E-state index in [9.17, 15) is 9.59 Å². The molecule has 0 radical (unpaired) electrons. The predicted octanol–water partition coefficient (Wildman–Crippen LogP) is 4.41. The lowest BCUT2D eigenvalue weighted by atomic mass is 10.1. The predicted molar refractivity (Wildman–Crippen MR) is 101 cm³/mol. The molecule has 1 N–H and O–H groups in total. The Bertz CT molecular complexity index is 866. The van der Waals surface area contributed by atoms with E-state index >= 15 is 0 Å². The molecule has 0 atom stereocenters. The lowest BCUT2D eigenvalue weighted by molar-refractivity contribution is 0.0928. The third-order valence-corrected chi connectivity index (χ3v) is 4.74. The molecule has 5 nitrogen and oxygen atoms in total. The van der Waals surface area contributed by atoms with Crippen LogP contribution < -0.4 is 5.32 Å². The highest BCUT2D eigenvalue weighted by molar-refractivity contribution is 7.98. The number of carbonyl (C=O) groups is 2. The Morgan fingerprint density at radius 1 is 1.08 bits per heavy atom. The molecule has 0 saturated heterocycles. The van der Waals surface area contributed by atoms with Crippen LogP contribution in [0.3, 0.4) is 0 Å². The van der Waals surface area contributed by atoms with Crippen molar-refractivity contribution in [2.45, 2.75) is 12.7 Å². The second kappa shape index (κ2) is 8.58. The van der Waals surface area contributed by atoms with Crippen LogP contribution in [-0.2, 0) is 5.75 Å². The SMILES string of the molecule is CC(=O)c1ccc(-c2ccc(C(=O)NCCSCc3ccco3)o2)cc1. The van der Waals surface area contributed by atoms with Gasteiger partial charge in [-0.05, 0) is 31.2 Å². The number of benzene rings is 1. The van der Waals surface area contributed by atoms with Gasteiger partial charge >= 0.3 is 0 Å². The van der Waals surface area contributed by atoms with Crippen molar-refractivity contribution in [3.8, 4) is 11.3 Å². The van der Waals surface area contributed by atoms with Crippen molar-refractivity contribution in [3.63, 3.8) is 0 Å². The molecule has 0 bridgehead atoms. The number of nitrogens with one attached hydrogen (secondary N) is 1. The highest BCUT2D eigenvalue weighted by Gasteiger charge is 2.12. The molecule has 0 unspecified atom stereocenters. The first-order valence-corrected chi connectivity index (χ1v) is 9.38. The number of hydrogen-bond acceptors (Lipinski definition) is 5. The molecule has 0 saturated carbocycles. The summed E-state index contributed by atoms with van der Waals surface area (Å²) < 4.78 is 10.9. The summed E-state index contributed by atoms with van der Waals surface area (Å²) in [5.74, 6) is 3.13. The number of carbonyl (C=O) groups excluding carboxylic acids is 2. The Morgan fingerprint density at radius 3 is 2.58 bits per heavy atom. The van der Waals surface area contributed by atoms with E-state index in [4.69, 9.17) is 8.83 Å². The van der Waals surface area contributed by atoms with Gasteiger partial charge in [-0.15, -0.1) is 0 Å². The summed E-state index contributed by atoms with van der Waals surface area (Å²) in [5.41, 5.74) is 1.47. The molecule has 0 aliphatic carbocycles. The number of thioether (sulfide) groups is 1. The highest BCUT2D eigenvalue weighted by Crippen LogP contribution is 2.22. The molecule has 1 aromatic carbocycles. The fraction of sp³-hybridized carbons (Fsp3) is 0.200. The Morgan fingerprint density at radius 2 is 1.88 bits per heavy atom. The van der Waals surface area contributed by atoms with Crippen molar-refractivity contribution in [3.05, 3.63) is 71.9 Å². The van der Waals surface area contributed by atoms with Crippen molar-refractivity contribution in [1.82, 2.24) is 5.32 Å². The molecule has 3 aromatic rings. The second-order valence-corrected chi connectivity index (χ2v) is 6.79. The van der Waals surface area contributed by atoms with Gasteiger partial charge in [0.15, 0.2) is 11.5 Å². The molecule has 3 rings (SSSR count). The first-order valence-electron chi connectivity index (χ1n) is 8.23. The summed E-state index contributed by atoms with van der Waals surface area (Å²) in [4.78, 5) is 23.5. The molecule has 0 spiro atoms. The fourth-order valence-corrected chi connectivity index (χ4v) is 3.13. The van der Waals surface area contributed by atoms with Crippen LogP contribution >= 0.6 is 11.8 Å². The van der Waals surface area contributed by atoms with Crippen LogP contribution in [0.1, 0.15) is 33.6 Å². The zero-order valence-electron chi connectivity index (χ0n) is 14.4. The normalized spacial score (nSPS) is 10.7. The van der Waals surface area contributed by atoms with Gasteiger partial charge in [0.25, 0.3) is 5.91 Å². The summed E-state index contributed by atoms with van der Waals surface area (Å²) in [6.07, 6.45) is 1.65. The molecule has 2 aromatic heterocycles. The Hall–Kier alpha value is -2.73. The maximum Gasteiger partial charge on any atom is 0.287 e. The monoisotopic (exact) mass is 369 g/mol. The van der Waals surface area contributed by atoms with Crippen molar-refractivity contribution in [2.75, 3.05) is 12.3 Å². The molecule has 6 heteroatoms. The van der Waals surface area contributed by atoms with Crippen LogP contribution in [-0.4, -0.2) is 24.0 Å². The van der Waals surface area contributed by atoms with Crippen LogP contribution in [0.5, 0.6) is 0 Å². The highest BCUT2D eigenvalue weighted by atomic mass is 32.2. The Kier molecular flexibility index (Phi) is 5.96. The summed E-state index contributed by atoms with van der Waals surface area (Å²) in [5, 5.41) is 2.84. The average molecular weight is 369 g/mol. The zero-order chi connectivity index (χ0) is 18.4. The topological polar surface area (TPSA) is 72.5 Å². The molecule has 26 heavy (non-hydrogen) atoms. The summed E-state index contributed by atoms with van der Waals surface area (Å²) >= 11 is 1.69. The van der Waals surface area contributed by atoms with Crippen LogP contribution in [0, 0.1) is 0 Å². The van der Waals surface area contributed by atoms with Gasteiger partial charge in [-0.25, -0.2) is 0 Å². The van der Waals surface area contributed by atoms with Gasteiger partial charge < -0.3 is 14.2 Å². The van der Waals surface area contributed by atoms with Crippen molar-refractivity contribution in [2.24, 2.45) is 0 Å². The van der Waals surface area contributed by atoms with Gasteiger partial charge in [-0.2, -0.15) is 11.8 Å². The maximum atomic E-state index is 12.1. The quantitative estimate of drug-likeness (QED) is 0.470. The lowest BCUT2D eigenvalue weighted by Gasteiger charge is -2.03. The maximum absolute atomic E-state index is 12.1. The summed E-state index contributed by atoms with van der Waals surface area (Å²) in [6, 6.07) is 14.3. The third-order valence-electron chi connectivity index (χ3n) is 3.76. The van der Waals surface area contributed by atoms with Gasteiger partial charge in [-0.1, -0.05) is 24.3 Å². The molecular formula is C20H19NO4S. The third kappa shape index (κ3) is 4.67. The van der Waals surface area contributed by atoms with Crippen LogP contribution in [0.4, 0.5) is 0 Å². The number of hydrogen-bond donors (Lipinski definition) is 1. The van der Waals surface area contributed by atoms with E-state index in [1.165, 1.54) is 6.92 Å². The minimum absolute atomic E-state index is 0.0148. The average Bonchev–Trinajstić information content (AvgIpc) is 3.33. The molecule has 0 aliphatic heterocycles. The van der Waals surface area contributed by atoms with Gasteiger partial charge in [0.1, 0.15) is 11.5 Å². The lowest BCUT2D eigenvalue weighted by Crippen LogP contribution is -2.25. The Labute approximate surface area is 155 Å². The first kappa shape index (κ1) is 18.1. The van der Waals surface area contributed by atoms with Crippen molar-refractivity contribution < 1.29 is 18.4 Å². The number of ketones is 1. The van der Waals surface area contributed by atoms with Crippen molar-refractivity contribution >= 4 is 23.5 Å². The van der Waals surface area contributed by atoms with Gasteiger partial charge in [0, 0.05) is 23.4 Å². The molecule has 0 aliphatic rings. The number of furan rings is 2. The minimum atomic E-state index is -0.241. The van der Waals surface area contributed by atoms with Gasteiger partial charge in [-0.3, -0.25) is 9.59 Å². The van der Waals surface area contributed by atoms with Gasteiger partial charge in [0.2, 0.25) is 0 Å². The molecule has 2 heterocycles. The smallest absolute Gasteiger partial charge is 0.287 e. The van der Waals surface area contributed by atoms with Crippen LogP contribution in [0.25, 0.3) is 11.3 Å². The standard InChI is InChI=1S/C20H19NO4S/c1-14(22)15-4-6-16(7-5-15)18-8-9-19(25-18)20(23)21-10-12-26-13-17-3-2-11-24-17/h2-9,11H,10,12-13H2,1H3,(H,21,23). The van der Waals surface area contributed by atoms with E-state index in [1.807, 2.05) is 24.3 Å². The van der Waals surface area contributed by atoms with E-state index in [-0.39, 0.29) is 17.5 Å². The second-order valence-electron chi connectivity index (χ2n) is 5.69. The number of Topliss-reactive ketones (excluding diaryl/α,β-unsaturated/α-hetero) is 1. The van der Waals surface area contributed by atoms with Crippen LogP contribution in [0.2, 0.25) is 0 Å². The van der Waals surface area contributed by atoms with E-state index in [0.29, 0.717) is 17.9 Å². The van der Waals surface area contributed by atoms with E-state index in [0.717, 1.165) is 22.8 Å². The van der Waals surface area contributed by atoms with E-state index in [2.05, 4.69) is 5.32 Å². The molecule has 134 valence electrons. The van der Waals surface area contributed by atoms with Crippen LogP contribution in [0.15, 0.2) is 63.6 Å². The molecular weight excluding hydrogens is 350 g/mol. The summed E-state index contributed by atoms with van der Waals surface area (Å²) in [7, 11) is 0. The fourth-order valence-electron chi connectivity index (χ4n) is 2.38. The van der Waals surface area contributed by atoms with Crippen molar-refractivity contribution in [1.29, 1.82) is 0 Å². The Balaban J connectivity index is 1.48. The molecule has 1 amide bonds. The minimum Gasteiger partial charge on any atom is -0.468 e. The molecule has 0 fully saturated rings. The number of amides is 1. The van der Waals surface area contributed by atoms with E-state index in [1.54, 1.807) is 42.3 Å². The largest absolute Gasteiger partial charge is 0.468 e. The summed E-state index contributed by atoms with van der Waals surface area (Å²) in [6.45, 7) is 2.07. The first-order chi connectivity index (χ1) is 12.6. The van der Waals surface area contributed by atoms with E-state index < -0.39 is 0 Å². The van der Waals surface area contributed by atoms with Gasteiger partial charge in [0.05, 0.1) is 12.0 Å².